The molecule has 0 N–H and O–H groups in total. The smallest absolute Gasteiger partial charge is 0.227 e. The Balaban J connectivity index is 1.61. The average Bonchev–Trinajstić information content (AvgIpc) is 3.39. The lowest BCUT2D eigenvalue weighted by Crippen LogP contribution is -2.23. The Kier molecular flexibility index (Phi) is 3.57. The van der Waals surface area contributed by atoms with Crippen molar-refractivity contribution in [3.63, 3.8) is 0 Å². The van der Waals surface area contributed by atoms with Crippen LogP contribution in [-0.2, 0) is 4.79 Å². The fourth-order valence-electron chi connectivity index (χ4n) is 3.65. The van der Waals surface area contributed by atoms with E-state index in [4.69, 9.17) is 9.51 Å². The van der Waals surface area contributed by atoms with Crippen LogP contribution in [0.1, 0.15) is 18.6 Å². The van der Waals surface area contributed by atoms with Crippen molar-refractivity contribution in [1.82, 2.24) is 14.5 Å². The Morgan fingerprint density at radius 1 is 1.07 bits per heavy atom. The lowest BCUT2D eigenvalue weighted by molar-refractivity contribution is -0.117. The number of amides is 1. The summed E-state index contributed by atoms with van der Waals surface area (Å²) in [6, 6.07) is 13.8. The summed E-state index contributed by atoms with van der Waals surface area (Å²) < 4.78 is 7.42. The Morgan fingerprint density at radius 3 is 2.70 bits per heavy atom. The second-order valence-corrected chi connectivity index (χ2v) is 6.76. The summed E-state index contributed by atoms with van der Waals surface area (Å²) in [5, 5.41) is 4.25. The third-order valence-corrected chi connectivity index (χ3v) is 4.99. The summed E-state index contributed by atoms with van der Waals surface area (Å²) in [6.07, 6.45) is 5.45. The Morgan fingerprint density at radius 2 is 1.93 bits per heavy atom. The minimum atomic E-state index is 0.177. The molecule has 1 fully saturated rings. The number of imidazole rings is 1. The van der Waals surface area contributed by atoms with Gasteiger partial charge in [-0.1, -0.05) is 35.5 Å². The van der Waals surface area contributed by atoms with Crippen LogP contribution in [0.4, 0.5) is 5.69 Å². The molecular weight excluding hydrogens is 340 g/mol. The van der Waals surface area contributed by atoms with Gasteiger partial charge >= 0.3 is 0 Å². The van der Waals surface area contributed by atoms with Crippen LogP contribution >= 0.6 is 0 Å². The quantitative estimate of drug-likeness (QED) is 0.553. The number of carbonyl (C=O) groups excluding carboxylic acids is 1. The van der Waals surface area contributed by atoms with Gasteiger partial charge in [0.2, 0.25) is 5.91 Å². The summed E-state index contributed by atoms with van der Waals surface area (Å²) in [7, 11) is 0. The van der Waals surface area contributed by atoms with E-state index in [-0.39, 0.29) is 5.91 Å². The molecule has 1 aliphatic heterocycles. The fraction of sp³-hybridized carbons (Fsp3) is 0.190. The number of hydrogen-bond acceptors (Lipinski definition) is 4. The number of nitrogens with zero attached hydrogens (tertiary/aromatic N) is 4. The molecule has 0 atom stereocenters. The summed E-state index contributed by atoms with van der Waals surface area (Å²) in [5.74, 6) is 0.906. The molecule has 6 nitrogen and oxygen atoms in total. The number of anilines is 1. The van der Waals surface area contributed by atoms with Crippen LogP contribution in [0.2, 0.25) is 0 Å². The van der Waals surface area contributed by atoms with Gasteiger partial charge in [0.05, 0.1) is 16.9 Å². The van der Waals surface area contributed by atoms with Crippen molar-refractivity contribution < 1.29 is 9.32 Å². The molecule has 0 aliphatic carbocycles. The first-order chi connectivity index (χ1) is 13.2. The summed E-state index contributed by atoms with van der Waals surface area (Å²) in [4.78, 5) is 18.6. The molecule has 0 unspecified atom stereocenters. The maximum Gasteiger partial charge on any atom is 0.227 e. The highest BCUT2D eigenvalue weighted by Crippen LogP contribution is 2.34. The average molecular weight is 358 g/mol. The van der Waals surface area contributed by atoms with Crippen molar-refractivity contribution in [3.05, 3.63) is 60.6 Å². The summed E-state index contributed by atoms with van der Waals surface area (Å²) >= 11 is 0. The highest BCUT2D eigenvalue weighted by molar-refractivity contribution is 5.95. The van der Waals surface area contributed by atoms with Crippen molar-refractivity contribution in [2.75, 3.05) is 11.4 Å². The number of rotatable bonds is 3. The van der Waals surface area contributed by atoms with Crippen molar-refractivity contribution in [2.45, 2.75) is 19.8 Å². The second-order valence-electron chi connectivity index (χ2n) is 6.76. The Bertz CT molecular complexity index is 1140. The van der Waals surface area contributed by atoms with E-state index in [1.807, 2.05) is 71.1 Å². The molecular formula is C21H18N4O2. The van der Waals surface area contributed by atoms with Gasteiger partial charge in [-0.05, 0) is 25.5 Å². The number of aryl methyl sites for hydroxylation is 1. The molecule has 4 aromatic rings. The minimum Gasteiger partial charge on any atom is -0.360 e. The molecule has 0 saturated carbocycles. The molecule has 3 aromatic heterocycles. The molecule has 0 bridgehead atoms. The summed E-state index contributed by atoms with van der Waals surface area (Å²) in [6.45, 7) is 2.67. The first-order valence-electron chi connectivity index (χ1n) is 9.02. The van der Waals surface area contributed by atoms with Crippen LogP contribution in [0.25, 0.3) is 28.2 Å². The molecule has 27 heavy (non-hydrogen) atoms. The topological polar surface area (TPSA) is 63.6 Å². The molecule has 1 aromatic carbocycles. The van der Waals surface area contributed by atoms with Crippen LogP contribution in [0, 0.1) is 6.92 Å². The predicted octanol–water partition coefficient (Wildman–Crippen LogP) is 4.09. The second kappa shape index (κ2) is 6.09. The molecule has 1 saturated heterocycles. The Labute approximate surface area is 156 Å². The number of benzene rings is 1. The van der Waals surface area contributed by atoms with Crippen molar-refractivity contribution in [1.29, 1.82) is 0 Å². The van der Waals surface area contributed by atoms with Crippen LogP contribution in [-0.4, -0.2) is 27.0 Å². The zero-order valence-electron chi connectivity index (χ0n) is 14.9. The predicted molar refractivity (Wildman–Crippen MR) is 102 cm³/mol. The van der Waals surface area contributed by atoms with E-state index in [1.54, 1.807) is 0 Å². The van der Waals surface area contributed by atoms with Gasteiger partial charge in [0.25, 0.3) is 0 Å². The van der Waals surface area contributed by atoms with Gasteiger partial charge in [0, 0.05) is 30.9 Å². The first kappa shape index (κ1) is 15.8. The fourth-order valence-corrected chi connectivity index (χ4v) is 3.65. The number of hydrogen-bond donors (Lipinski definition) is 0. The van der Waals surface area contributed by atoms with Gasteiger partial charge in [-0.15, -0.1) is 0 Å². The highest BCUT2D eigenvalue weighted by atomic mass is 16.5. The third kappa shape index (κ3) is 2.61. The van der Waals surface area contributed by atoms with E-state index >= 15 is 0 Å². The monoisotopic (exact) mass is 358 g/mol. The van der Waals surface area contributed by atoms with Crippen molar-refractivity contribution in [2.24, 2.45) is 0 Å². The maximum absolute atomic E-state index is 12.0. The van der Waals surface area contributed by atoms with Gasteiger partial charge in [-0.3, -0.25) is 4.79 Å². The van der Waals surface area contributed by atoms with Crippen molar-refractivity contribution in [3.8, 4) is 22.5 Å². The highest BCUT2D eigenvalue weighted by Gasteiger charge is 2.23. The lowest BCUT2D eigenvalue weighted by atomic mass is 10.0. The molecule has 4 heterocycles. The molecule has 5 rings (SSSR count). The van der Waals surface area contributed by atoms with E-state index in [2.05, 4.69) is 5.16 Å². The van der Waals surface area contributed by atoms with E-state index < -0.39 is 0 Å². The van der Waals surface area contributed by atoms with Crippen LogP contribution < -0.4 is 4.90 Å². The number of carbonyl (C=O) groups is 1. The first-order valence-corrected chi connectivity index (χ1v) is 9.02. The molecule has 0 radical (unpaired) electrons. The van der Waals surface area contributed by atoms with Gasteiger partial charge in [0.15, 0.2) is 0 Å². The largest absolute Gasteiger partial charge is 0.360 e. The Hall–Kier alpha value is -3.41. The van der Waals surface area contributed by atoms with Crippen molar-refractivity contribution >= 4 is 17.2 Å². The standard InChI is InChI=1S/C21H18N4O2/c1-14-20(21(23-27-14)15-6-3-2-4-7-15)17-13-24-12-16(9-10-18(24)22-17)25-11-5-8-19(25)26/h2-4,6-7,9-10,12-13H,5,8,11H2,1H3. The SMILES string of the molecule is Cc1onc(-c2ccccc2)c1-c1cn2cc(N3CCCC3=O)ccc2n1. The third-order valence-electron chi connectivity index (χ3n) is 4.99. The molecule has 6 heteroatoms. The molecule has 1 aliphatic rings. The van der Waals surface area contributed by atoms with Gasteiger partial charge < -0.3 is 13.8 Å². The van der Waals surface area contributed by atoms with E-state index in [0.29, 0.717) is 6.42 Å². The maximum atomic E-state index is 12.0. The van der Waals surface area contributed by atoms with Gasteiger partial charge in [-0.2, -0.15) is 0 Å². The minimum absolute atomic E-state index is 0.177. The molecule has 0 spiro atoms. The zero-order valence-corrected chi connectivity index (χ0v) is 14.9. The van der Waals surface area contributed by atoms with Crippen LogP contribution in [0.3, 0.4) is 0 Å². The van der Waals surface area contributed by atoms with E-state index in [0.717, 1.165) is 52.6 Å². The van der Waals surface area contributed by atoms with E-state index in [1.165, 1.54) is 0 Å². The number of aromatic nitrogens is 3. The van der Waals surface area contributed by atoms with Crippen LogP contribution in [0.5, 0.6) is 0 Å². The number of fused-ring (bicyclic) bond motifs is 1. The summed E-state index contributed by atoms with van der Waals surface area (Å²) in [5.41, 5.74) is 5.19. The zero-order chi connectivity index (χ0) is 18.4. The molecule has 1 amide bonds. The lowest BCUT2D eigenvalue weighted by Gasteiger charge is -2.15. The normalized spacial score (nSPS) is 14.4. The van der Waals surface area contributed by atoms with Gasteiger partial charge in [0.1, 0.15) is 17.1 Å². The molecule has 134 valence electrons. The van der Waals surface area contributed by atoms with Crippen LogP contribution in [0.15, 0.2) is 59.4 Å². The number of pyridine rings is 1. The van der Waals surface area contributed by atoms with E-state index in [9.17, 15) is 4.79 Å². The van der Waals surface area contributed by atoms with Gasteiger partial charge in [-0.25, -0.2) is 4.98 Å².